The van der Waals surface area contributed by atoms with Crippen LogP contribution in [0.5, 0.6) is 0 Å². The van der Waals surface area contributed by atoms with E-state index in [-0.39, 0.29) is 0 Å². The van der Waals surface area contributed by atoms with Crippen molar-refractivity contribution in [3.8, 4) is 21.1 Å². The summed E-state index contributed by atoms with van der Waals surface area (Å²) < 4.78 is 0. The Balaban J connectivity index is 2.00. The lowest BCUT2D eigenvalue weighted by molar-refractivity contribution is 1.18. The van der Waals surface area contributed by atoms with E-state index >= 15 is 0 Å². The van der Waals surface area contributed by atoms with E-state index in [1.807, 2.05) is 18.3 Å². The van der Waals surface area contributed by atoms with Gasteiger partial charge in [0, 0.05) is 12.4 Å². The van der Waals surface area contributed by atoms with Crippen molar-refractivity contribution in [2.75, 3.05) is 0 Å². The summed E-state index contributed by atoms with van der Waals surface area (Å²) in [5.41, 5.74) is 2.11. The monoisotopic (exact) mass is 227 g/mol. The number of aromatic amines is 1. The van der Waals surface area contributed by atoms with Gasteiger partial charge in [-0.1, -0.05) is 0 Å². The van der Waals surface area contributed by atoms with Crippen molar-refractivity contribution < 1.29 is 0 Å². The maximum absolute atomic E-state index is 4.23. The smallest absolute Gasteiger partial charge is 0.116 e. The van der Waals surface area contributed by atoms with Gasteiger partial charge in [0.15, 0.2) is 0 Å². The molecule has 3 aromatic rings. The second kappa shape index (κ2) is 3.90. The number of rotatable bonds is 2. The Morgan fingerprint density at radius 3 is 2.75 bits per heavy atom. The Bertz CT molecular complexity index is 569. The van der Waals surface area contributed by atoms with Gasteiger partial charge in [-0.15, -0.1) is 11.3 Å². The molecule has 0 amide bonds. The second-order valence-electron chi connectivity index (χ2n) is 3.34. The molecule has 0 radical (unpaired) electrons. The Kier molecular flexibility index (Phi) is 2.27. The van der Waals surface area contributed by atoms with E-state index in [1.54, 1.807) is 23.9 Å². The lowest BCUT2D eigenvalue weighted by atomic mass is 10.3. The molecule has 0 spiro atoms. The van der Waals surface area contributed by atoms with E-state index in [2.05, 4.69) is 33.2 Å². The van der Waals surface area contributed by atoms with Crippen LogP contribution < -0.4 is 0 Å². The average Bonchev–Trinajstić information content (AvgIpc) is 3.01. The lowest BCUT2D eigenvalue weighted by Gasteiger charge is -1.93. The quantitative estimate of drug-likeness (QED) is 0.730. The molecule has 3 nitrogen and oxygen atoms in total. The first-order valence-corrected chi connectivity index (χ1v) is 5.75. The highest BCUT2D eigenvalue weighted by Crippen LogP contribution is 2.32. The zero-order chi connectivity index (χ0) is 10.8. The van der Waals surface area contributed by atoms with E-state index in [0.29, 0.717) is 0 Å². The minimum atomic E-state index is 0.970. The van der Waals surface area contributed by atoms with Gasteiger partial charge in [0.05, 0.1) is 21.1 Å². The van der Waals surface area contributed by atoms with E-state index < -0.39 is 0 Å². The number of thiophene rings is 1. The van der Waals surface area contributed by atoms with Gasteiger partial charge < -0.3 is 4.98 Å². The fourth-order valence-corrected chi connectivity index (χ4v) is 2.51. The van der Waals surface area contributed by atoms with Crippen LogP contribution in [0, 0.1) is 0 Å². The fourth-order valence-electron chi connectivity index (χ4n) is 1.54. The molecule has 1 N–H and O–H groups in total. The third-order valence-electron chi connectivity index (χ3n) is 2.30. The van der Waals surface area contributed by atoms with Crippen LogP contribution in [0.2, 0.25) is 0 Å². The molecule has 0 saturated carbocycles. The van der Waals surface area contributed by atoms with Crippen molar-refractivity contribution in [3.05, 3.63) is 49.1 Å². The molecule has 78 valence electrons. The van der Waals surface area contributed by atoms with Gasteiger partial charge in [-0.05, 0) is 30.3 Å². The van der Waals surface area contributed by atoms with Crippen molar-refractivity contribution in [2.45, 2.75) is 0 Å². The molecule has 3 aromatic heterocycles. The van der Waals surface area contributed by atoms with Crippen molar-refractivity contribution in [1.29, 1.82) is 0 Å². The van der Waals surface area contributed by atoms with Crippen LogP contribution in [0.25, 0.3) is 21.1 Å². The zero-order valence-corrected chi connectivity index (χ0v) is 9.24. The Morgan fingerprint density at radius 1 is 1.06 bits per heavy atom. The standard InChI is InChI=1S/C12H9N3S/c1-2-9(14-6-1)11-3-4-12(16-11)10-5-7-13-8-15-10/h1-8,14H. The molecule has 0 atom stereocenters. The Hall–Kier alpha value is -1.94. The van der Waals surface area contributed by atoms with Crippen LogP contribution in [0.4, 0.5) is 0 Å². The van der Waals surface area contributed by atoms with Gasteiger partial charge in [-0.25, -0.2) is 9.97 Å². The van der Waals surface area contributed by atoms with Crippen molar-refractivity contribution in [2.24, 2.45) is 0 Å². The highest BCUT2D eigenvalue weighted by molar-refractivity contribution is 7.18. The highest BCUT2D eigenvalue weighted by Gasteiger charge is 2.05. The van der Waals surface area contributed by atoms with Gasteiger partial charge in [-0.2, -0.15) is 0 Å². The van der Waals surface area contributed by atoms with Gasteiger partial charge in [0.2, 0.25) is 0 Å². The Morgan fingerprint density at radius 2 is 2.00 bits per heavy atom. The summed E-state index contributed by atoms with van der Waals surface area (Å²) in [7, 11) is 0. The molecule has 0 aliphatic carbocycles. The molecule has 4 heteroatoms. The summed E-state index contributed by atoms with van der Waals surface area (Å²) in [5, 5.41) is 0. The van der Waals surface area contributed by atoms with Crippen molar-refractivity contribution >= 4 is 11.3 Å². The minimum Gasteiger partial charge on any atom is -0.361 e. The molecule has 0 unspecified atom stereocenters. The summed E-state index contributed by atoms with van der Waals surface area (Å²) in [4.78, 5) is 13.7. The first kappa shape index (κ1) is 9.30. The molecule has 16 heavy (non-hydrogen) atoms. The van der Waals surface area contributed by atoms with E-state index in [4.69, 9.17) is 0 Å². The van der Waals surface area contributed by atoms with Gasteiger partial charge in [-0.3, -0.25) is 0 Å². The Labute approximate surface area is 96.8 Å². The normalized spacial score (nSPS) is 10.5. The SMILES string of the molecule is c1c[nH]c(-c2ccc(-c3ccncn3)s2)c1. The summed E-state index contributed by atoms with van der Waals surface area (Å²) in [6.45, 7) is 0. The number of hydrogen-bond donors (Lipinski definition) is 1. The predicted molar refractivity (Wildman–Crippen MR) is 65.1 cm³/mol. The topological polar surface area (TPSA) is 41.6 Å². The molecule has 0 bridgehead atoms. The number of hydrogen-bond acceptors (Lipinski definition) is 3. The molecule has 0 aliphatic rings. The summed E-state index contributed by atoms with van der Waals surface area (Å²) in [6, 6.07) is 10.2. The zero-order valence-electron chi connectivity index (χ0n) is 8.42. The summed E-state index contributed by atoms with van der Waals surface area (Å²) >= 11 is 1.72. The third-order valence-corrected chi connectivity index (χ3v) is 3.44. The van der Waals surface area contributed by atoms with Crippen LogP contribution in [0.3, 0.4) is 0 Å². The van der Waals surface area contributed by atoms with Crippen molar-refractivity contribution in [3.63, 3.8) is 0 Å². The van der Waals surface area contributed by atoms with Crippen LogP contribution >= 0.6 is 11.3 Å². The second-order valence-corrected chi connectivity index (χ2v) is 4.43. The van der Waals surface area contributed by atoms with Crippen molar-refractivity contribution in [1.82, 2.24) is 15.0 Å². The average molecular weight is 227 g/mol. The van der Waals surface area contributed by atoms with E-state index in [1.165, 1.54) is 4.88 Å². The van der Waals surface area contributed by atoms with Gasteiger partial charge >= 0.3 is 0 Å². The largest absolute Gasteiger partial charge is 0.361 e. The van der Waals surface area contributed by atoms with Gasteiger partial charge in [0.25, 0.3) is 0 Å². The predicted octanol–water partition coefficient (Wildman–Crippen LogP) is 3.20. The molecule has 3 rings (SSSR count). The van der Waals surface area contributed by atoms with E-state index in [9.17, 15) is 0 Å². The lowest BCUT2D eigenvalue weighted by Crippen LogP contribution is -1.79. The first-order chi connectivity index (χ1) is 7.93. The number of aromatic nitrogens is 3. The van der Waals surface area contributed by atoms with Crippen LogP contribution in [0.1, 0.15) is 0 Å². The third kappa shape index (κ3) is 1.63. The highest BCUT2D eigenvalue weighted by atomic mass is 32.1. The van der Waals surface area contributed by atoms with E-state index in [0.717, 1.165) is 16.3 Å². The molecule has 0 aromatic carbocycles. The first-order valence-electron chi connectivity index (χ1n) is 4.93. The fraction of sp³-hybridized carbons (Fsp3) is 0. The van der Waals surface area contributed by atoms with Crippen LogP contribution in [-0.4, -0.2) is 15.0 Å². The molecular formula is C12H9N3S. The molecule has 0 aliphatic heterocycles. The minimum absolute atomic E-state index is 0.970. The molecular weight excluding hydrogens is 218 g/mol. The molecule has 0 saturated heterocycles. The molecule has 3 heterocycles. The maximum atomic E-state index is 4.23. The number of nitrogens with one attached hydrogen (secondary N) is 1. The van der Waals surface area contributed by atoms with Crippen LogP contribution in [0.15, 0.2) is 49.1 Å². The van der Waals surface area contributed by atoms with Gasteiger partial charge in [0.1, 0.15) is 6.33 Å². The maximum Gasteiger partial charge on any atom is 0.116 e. The van der Waals surface area contributed by atoms with Crippen LogP contribution in [-0.2, 0) is 0 Å². The summed E-state index contributed by atoms with van der Waals surface area (Å²) in [5.74, 6) is 0. The number of H-pyrrole nitrogens is 1. The summed E-state index contributed by atoms with van der Waals surface area (Å²) in [6.07, 6.45) is 5.26. The number of nitrogens with zero attached hydrogens (tertiary/aromatic N) is 2. The molecule has 0 fully saturated rings.